The molecule has 0 bridgehead atoms. The lowest BCUT2D eigenvalue weighted by Crippen LogP contribution is -2.27. The van der Waals surface area contributed by atoms with E-state index < -0.39 is 9.84 Å². The molecule has 6 heteroatoms. The van der Waals surface area contributed by atoms with Crippen LogP contribution in [0, 0.1) is 11.8 Å². The van der Waals surface area contributed by atoms with Crippen LogP contribution in [0.1, 0.15) is 30.8 Å². The maximum atomic E-state index is 11.5. The van der Waals surface area contributed by atoms with Gasteiger partial charge in [0, 0.05) is 37.4 Å². The van der Waals surface area contributed by atoms with Crippen LogP contribution in [0.15, 0.2) is 6.20 Å². The number of aryl methyl sites for hydroxylation is 1. The summed E-state index contributed by atoms with van der Waals surface area (Å²) >= 11 is 0. The van der Waals surface area contributed by atoms with E-state index in [0.717, 1.165) is 44.5 Å². The highest BCUT2D eigenvalue weighted by Crippen LogP contribution is 2.26. The predicted octanol–water partition coefficient (Wildman–Crippen LogP) is 0.805. The van der Waals surface area contributed by atoms with E-state index in [0.29, 0.717) is 23.3 Å². The van der Waals surface area contributed by atoms with Gasteiger partial charge in [-0.1, -0.05) is 0 Å². The molecule has 1 aromatic heterocycles. The van der Waals surface area contributed by atoms with Gasteiger partial charge in [-0.25, -0.2) is 13.4 Å². The first kappa shape index (κ1) is 14.1. The molecular formula is C14H22N2O3S. The standard InChI is InChI=1S/C14H22N2O3S/c17-10-12-1-2-13-8-15-14(16(13)9-12)7-11-3-5-20(18,19)6-4-11/h8,11-12,17H,1-7,9-10H2. The Morgan fingerprint density at radius 1 is 1.25 bits per heavy atom. The second-order valence-corrected chi connectivity index (χ2v) is 8.47. The van der Waals surface area contributed by atoms with E-state index in [-0.39, 0.29) is 6.61 Å². The first-order valence-electron chi connectivity index (χ1n) is 7.42. The zero-order chi connectivity index (χ0) is 14.2. The lowest BCUT2D eigenvalue weighted by molar-refractivity contribution is 0.190. The summed E-state index contributed by atoms with van der Waals surface area (Å²) in [6, 6.07) is 0. The number of hydrogen-bond donors (Lipinski definition) is 1. The highest BCUT2D eigenvalue weighted by atomic mass is 32.2. The number of aromatic nitrogens is 2. The van der Waals surface area contributed by atoms with Crippen LogP contribution in [-0.4, -0.2) is 41.2 Å². The minimum absolute atomic E-state index is 0.235. The van der Waals surface area contributed by atoms with E-state index in [4.69, 9.17) is 0 Å². The van der Waals surface area contributed by atoms with Gasteiger partial charge in [0.05, 0.1) is 11.5 Å². The van der Waals surface area contributed by atoms with Crippen molar-refractivity contribution in [3.05, 3.63) is 17.7 Å². The molecule has 1 saturated heterocycles. The lowest BCUT2D eigenvalue weighted by atomic mass is 9.96. The molecule has 1 fully saturated rings. The van der Waals surface area contributed by atoms with Gasteiger partial charge < -0.3 is 9.67 Å². The Kier molecular flexibility index (Phi) is 3.86. The van der Waals surface area contributed by atoms with Gasteiger partial charge in [0.15, 0.2) is 0 Å². The van der Waals surface area contributed by atoms with Gasteiger partial charge in [0.2, 0.25) is 0 Å². The predicted molar refractivity (Wildman–Crippen MR) is 76.2 cm³/mol. The van der Waals surface area contributed by atoms with E-state index >= 15 is 0 Å². The molecule has 0 spiro atoms. The molecule has 1 unspecified atom stereocenters. The van der Waals surface area contributed by atoms with Crippen LogP contribution in [0.5, 0.6) is 0 Å². The SMILES string of the molecule is O=S1(=O)CCC(Cc2ncc3n2CC(CO)CC3)CC1. The summed E-state index contributed by atoms with van der Waals surface area (Å²) in [4.78, 5) is 4.53. The van der Waals surface area contributed by atoms with Crippen molar-refractivity contribution in [2.45, 2.75) is 38.6 Å². The molecule has 0 saturated carbocycles. The van der Waals surface area contributed by atoms with Gasteiger partial charge in [0.1, 0.15) is 15.7 Å². The maximum Gasteiger partial charge on any atom is 0.150 e. The Bertz CT molecular complexity index is 565. The van der Waals surface area contributed by atoms with Crippen molar-refractivity contribution in [2.24, 2.45) is 11.8 Å². The topological polar surface area (TPSA) is 72.2 Å². The van der Waals surface area contributed by atoms with E-state index in [2.05, 4.69) is 9.55 Å². The smallest absolute Gasteiger partial charge is 0.150 e. The largest absolute Gasteiger partial charge is 0.396 e. The van der Waals surface area contributed by atoms with E-state index in [1.54, 1.807) is 0 Å². The number of imidazole rings is 1. The number of fused-ring (bicyclic) bond motifs is 1. The normalized spacial score (nSPS) is 26.4. The van der Waals surface area contributed by atoms with Gasteiger partial charge in [-0.15, -0.1) is 0 Å². The summed E-state index contributed by atoms with van der Waals surface area (Å²) in [5, 5.41) is 9.32. The van der Waals surface area contributed by atoms with Crippen molar-refractivity contribution in [1.82, 2.24) is 9.55 Å². The van der Waals surface area contributed by atoms with Crippen LogP contribution < -0.4 is 0 Å². The van der Waals surface area contributed by atoms with Crippen molar-refractivity contribution in [3.8, 4) is 0 Å². The number of nitrogens with zero attached hydrogens (tertiary/aromatic N) is 2. The molecule has 5 nitrogen and oxygen atoms in total. The number of aliphatic hydroxyl groups excluding tert-OH is 1. The van der Waals surface area contributed by atoms with E-state index in [9.17, 15) is 13.5 Å². The molecule has 0 amide bonds. The number of aliphatic hydroxyl groups is 1. The third-order valence-corrected chi connectivity index (χ3v) is 6.39. The van der Waals surface area contributed by atoms with Crippen LogP contribution >= 0.6 is 0 Å². The average Bonchev–Trinajstić information content (AvgIpc) is 2.83. The van der Waals surface area contributed by atoms with Gasteiger partial charge in [-0.3, -0.25) is 0 Å². The summed E-state index contributed by atoms with van der Waals surface area (Å²) in [5.41, 5.74) is 1.26. The van der Waals surface area contributed by atoms with Gasteiger partial charge in [0.25, 0.3) is 0 Å². The number of hydrogen-bond acceptors (Lipinski definition) is 4. The molecule has 1 aromatic rings. The maximum absolute atomic E-state index is 11.5. The van der Waals surface area contributed by atoms with E-state index in [1.165, 1.54) is 5.69 Å². The third-order valence-electron chi connectivity index (χ3n) is 4.67. The fraction of sp³-hybridized carbons (Fsp3) is 0.786. The van der Waals surface area contributed by atoms with E-state index in [1.807, 2.05) is 6.20 Å². The zero-order valence-electron chi connectivity index (χ0n) is 11.7. The van der Waals surface area contributed by atoms with Crippen LogP contribution in [-0.2, 0) is 29.2 Å². The molecule has 0 radical (unpaired) electrons. The summed E-state index contributed by atoms with van der Waals surface area (Å²) in [7, 11) is -2.78. The summed E-state index contributed by atoms with van der Waals surface area (Å²) in [6.07, 6.45) is 6.35. The van der Waals surface area contributed by atoms with Crippen LogP contribution in [0.4, 0.5) is 0 Å². The molecule has 1 N–H and O–H groups in total. The van der Waals surface area contributed by atoms with Gasteiger partial charge in [-0.2, -0.15) is 0 Å². The van der Waals surface area contributed by atoms with Crippen LogP contribution in [0.2, 0.25) is 0 Å². The van der Waals surface area contributed by atoms with Crippen molar-refractivity contribution < 1.29 is 13.5 Å². The zero-order valence-corrected chi connectivity index (χ0v) is 12.5. The Morgan fingerprint density at radius 2 is 2.00 bits per heavy atom. The molecule has 3 heterocycles. The van der Waals surface area contributed by atoms with Crippen molar-refractivity contribution in [1.29, 1.82) is 0 Å². The summed E-state index contributed by atoms with van der Waals surface area (Å²) in [6.45, 7) is 1.09. The quantitative estimate of drug-likeness (QED) is 0.896. The van der Waals surface area contributed by atoms with Crippen LogP contribution in [0.25, 0.3) is 0 Å². The number of sulfone groups is 1. The monoisotopic (exact) mass is 298 g/mol. The molecule has 3 rings (SSSR count). The van der Waals surface area contributed by atoms with Gasteiger partial charge >= 0.3 is 0 Å². The van der Waals surface area contributed by atoms with Crippen molar-refractivity contribution in [2.75, 3.05) is 18.1 Å². The molecule has 112 valence electrons. The minimum Gasteiger partial charge on any atom is -0.396 e. The van der Waals surface area contributed by atoms with Gasteiger partial charge in [-0.05, 0) is 31.6 Å². The fourth-order valence-corrected chi connectivity index (χ4v) is 4.88. The fourth-order valence-electron chi connectivity index (χ4n) is 3.29. The minimum atomic E-state index is -2.78. The molecule has 2 aliphatic rings. The average molecular weight is 298 g/mol. The second kappa shape index (κ2) is 5.48. The van der Waals surface area contributed by atoms with Crippen LogP contribution in [0.3, 0.4) is 0 Å². The Morgan fingerprint density at radius 3 is 2.70 bits per heavy atom. The summed E-state index contributed by atoms with van der Waals surface area (Å²) in [5.74, 6) is 2.48. The first-order valence-corrected chi connectivity index (χ1v) is 9.24. The molecule has 1 atom stereocenters. The summed E-state index contributed by atoms with van der Waals surface area (Å²) < 4.78 is 25.2. The lowest BCUT2D eigenvalue weighted by Gasteiger charge is -2.26. The van der Waals surface area contributed by atoms with Crippen molar-refractivity contribution >= 4 is 9.84 Å². The Hall–Kier alpha value is -0.880. The Labute approximate surface area is 119 Å². The highest BCUT2D eigenvalue weighted by Gasteiger charge is 2.27. The molecule has 0 aliphatic carbocycles. The molecule has 2 aliphatic heterocycles. The third kappa shape index (κ3) is 2.91. The van der Waals surface area contributed by atoms with Crippen molar-refractivity contribution in [3.63, 3.8) is 0 Å². The highest BCUT2D eigenvalue weighted by molar-refractivity contribution is 7.91. The second-order valence-electron chi connectivity index (χ2n) is 6.16. The first-order chi connectivity index (χ1) is 9.57. The molecular weight excluding hydrogens is 276 g/mol. The Balaban J connectivity index is 1.69. The molecule has 0 aromatic carbocycles. The molecule has 20 heavy (non-hydrogen) atoms. The number of rotatable bonds is 3.